The first-order valence-electron chi connectivity index (χ1n) is 4.95. The van der Waals surface area contributed by atoms with E-state index in [4.69, 9.17) is 4.74 Å². The Morgan fingerprint density at radius 2 is 2.29 bits per heavy atom. The molecule has 0 bridgehead atoms. The molecule has 1 rings (SSSR count). The Bertz CT molecular complexity index is 225. The maximum absolute atomic E-state index is 11.2. The second-order valence-electron chi connectivity index (χ2n) is 4.51. The molecule has 0 aliphatic carbocycles. The van der Waals surface area contributed by atoms with Crippen molar-refractivity contribution >= 4 is 12.3 Å². The van der Waals surface area contributed by atoms with E-state index >= 15 is 0 Å². The molecule has 80 valence electrons. The van der Waals surface area contributed by atoms with Crippen molar-refractivity contribution < 1.29 is 9.53 Å². The zero-order chi connectivity index (χ0) is 10.6. The number of nitrogens with one attached hydrogen (secondary N) is 1. The van der Waals surface area contributed by atoms with Gasteiger partial charge >= 0.3 is 6.09 Å². The summed E-state index contributed by atoms with van der Waals surface area (Å²) in [5, 5.41) is 3.20. The quantitative estimate of drug-likeness (QED) is 0.651. The minimum absolute atomic E-state index is 0.377. The Labute approximate surface area is 84.7 Å². The van der Waals surface area contributed by atoms with Gasteiger partial charge in [0.25, 0.3) is 0 Å². The Hall–Kier alpha value is -0.900. The van der Waals surface area contributed by atoms with Crippen molar-refractivity contribution in [2.75, 3.05) is 13.1 Å². The highest BCUT2D eigenvalue weighted by Gasteiger charge is 2.16. The van der Waals surface area contributed by atoms with Crippen LogP contribution in [0.4, 0.5) is 4.79 Å². The number of carbonyl (C=O) groups excluding carboxylic acids is 1. The Morgan fingerprint density at radius 3 is 2.79 bits per heavy atom. The fourth-order valence-electron chi connectivity index (χ4n) is 1.26. The maximum Gasteiger partial charge on any atom is 0.433 e. The second-order valence-corrected chi connectivity index (χ2v) is 4.51. The lowest BCUT2D eigenvalue weighted by Gasteiger charge is -2.17. The summed E-state index contributed by atoms with van der Waals surface area (Å²) in [4.78, 5) is 14.9. The van der Waals surface area contributed by atoms with Crippen LogP contribution in [0.2, 0.25) is 0 Å². The molecule has 1 heterocycles. The SMILES string of the molecule is CC(C)(C)OC(=O)/N=C\C1CCNC1. The molecule has 4 heteroatoms. The molecule has 1 saturated heterocycles. The van der Waals surface area contributed by atoms with Crippen molar-refractivity contribution in [3.8, 4) is 0 Å². The highest BCUT2D eigenvalue weighted by Crippen LogP contribution is 2.09. The smallest absolute Gasteiger partial charge is 0.433 e. The van der Waals surface area contributed by atoms with E-state index in [1.54, 1.807) is 6.21 Å². The van der Waals surface area contributed by atoms with Gasteiger partial charge in [0.1, 0.15) is 5.60 Å². The van der Waals surface area contributed by atoms with Crippen LogP contribution in [-0.4, -0.2) is 31.0 Å². The topological polar surface area (TPSA) is 50.7 Å². The van der Waals surface area contributed by atoms with E-state index in [1.807, 2.05) is 20.8 Å². The lowest BCUT2D eigenvalue weighted by molar-refractivity contribution is 0.0604. The molecular weight excluding hydrogens is 180 g/mol. The van der Waals surface area contributed by atoms with Crippen molar-refractivity contribution in [3.05, 3.63) is 0 Å². The van der Waals surface area contributed by atoms with Gasteiger partial charge in [0, 0.05) is 18.7 Å². The number of aliphatic imine (C=N–C) groups is 1. The van der Waals surface area contributed by atoms with E-state index in [-0.39, 0.29) is 0 Å². The van der Waals surface area contributed by atoms with Gasteiger partial charge in [-0.1, -0.05) is 0 Å². The molecule has 0 aromatic carbocycles. The summed E-state index contributed by atoms with van der Waals surface area (Å²) in [5.74, 6) is 0.377. The first-order chi connectivity index (χ1) is 6.47. The number of hydrogen-bond acceptors (Lipinski definition) is 3. The summed E-state index contributed by atoms with van der Waals surface area (Å²) in [6.45, 7) is 7.41. The van der Waals surface area contributed by atoms with Crippen molar-refractivity contribution in [3.63, 3.8) is 0 Å². The fraction of sp³-hybridized carbons (Fsp3) is 0.800. The van der Waals surface area contributed by atoms with E-state index < -0.39 is 11.7 Å². The molecule has 1 aliphatic heterocycles. The van der Waals surface area contributed by atoms with Crippen LogP contribution >= 0.6 is 0 Å². The second kappa shape index (κ2) is 4.55. The lowest BCUT2D eigenvalue weighted by atomic mass is 10.1. The Morgan fingerprint density at radius 1 is 1.57 bits per heavy atom. The van der Waals surface area contributed by atoms with E-state index in [0.717, 1.165) is 19.5 Å². The fourth-order valence-corrected chi connectivity index (χ4v) is 1.26. The molecule has 0 aromatic rings. The van der Waals surface area contributed by atoms with Crippen molar-refractivity contribution in [2.45, 2.75) is 32.8 Å². The van der Waals surface area contributed by atoms with Crippen molar-refractivity contribution in [2.24, 2.45) is 10.9 Å². The number of amides is 1. The van der Waals surface area contributed by atoms with Gasteiger partial charge < -0.3 is 10.1 Å². The van der Waals surface area contributed by atoms with Crippen LogP contribution in [0.1, 0.15) is 27.2 Å². The molecule has 1 N–H and O–H groups in total. The molecule has 0 spiro atoms. The molecule has 4 nitrogen and oxygen atoms in total. The van der Waals surface area contributed by atoms with E-state index in [2.05, 4.69) is 10.3 Å². The molecule has 1 amide bonds. The van der Waals surface area contributed by atoms with Gasteiger partial charge in [-0.15, -0.1) is 0 Å². The van der Waals surface area contributed by atoms with Crippen LogP contribution in [0.15, 0.2) is 4.99 Å². The predicted molar refractivity (Wildman–Crippen MR) is 55.7 cm³/mol. The molecule has 1 atom stereocenters. The Kier molecular flexibility index (Phi) is 3.63. The zero-order valence-corrected chi connectivity index (χ0v) is 9.04. The van der Waals surface area contributed by atoms with Crippen LogP contribution in [0.3, 0.4) is 0 Å². The molecule has 0 radical (unpaired) electrons. The van der Waals surface area contributed by atoms with Gasteiger partial charge in [0.2, 0.25) is 0 Å². The molecule has 1 fully saturated rings. The minimum Gasteiger partial charge on any atom is -0.442 e. The predicted octanol–water partition coefficient (Wildman–Crippen LogP) is 1.60. The lowest BCUT2D eigenvalue weighted by Crippen LogP contribution is -2.22. The van der Waals surface area contributed by atoms with Gasteiger partial charge in [-0.25, -0.2) is 4.79 Å². The minimum atomic E-state index is -0.496. The monoisotopic (exact) mass is 198 g/mol. The van der Waals surface area contributed by atoms with E-state index in [1.165, 1.54) is 0 Å². The largest absolute Gasteiger partial charge is 0.442 e. The third kappa shape index (κ3) is 4.37. The zero-order valence-electron chi connectivity index (χ0n) is 9.04. The third-order valence-corrected chi connectivity index (χ3v) is 1.88. The molecule has 1 aliphatic rings. The standard InChI is InChI=1S/C10H18N2O2/c1-10(2,3)14-9(13)12-7-8-4-5-11-6-8/h7-8,11H,4-6H2,1-3H3/b12-7-. The summed E-state index contributed by atoms with van der Waals surface area (Å²) in [7, 11) is 0. The van der Waals surface area contributed by atoms with Crippen LogP contribution < -0.4 is 5.32 Å². The average molecular weight is 198 g/mol. The molecule has 1 unspecified atom stereocenters. The normalized spacial score (nSPS) is 22.9. The van der Waals surface area contributed by atoms with Gasteiger partial charge in [0.05, 0.1) is 0 Å². The van der Waals surface area contributed by atoms with Crippen molar-refractivity contribution in [1.82, 2.24) is 5.32 Å². The van der Waals surface area contributed by atoms with Crippen LogP contribution in [0, 0.1) is 5.92 Å². The van der Waals surface area contributed by atoms with Crippen LogP contribution in [-0.2, 0) is 4.74 Å². The van der Waals surface area contributed by atoms with Crippen molar-refractivity contribution in [1.29, 1.82) is 0 Å². The molecule has 14 heavy (non-hydrogen) atoms. The summed E-state index contributed by atoms with van der Waals surface area (Å²) in [6.07, 6.45) is 2.24. The summed E-state index contributed by atoms with van der Waals surface area (Å²) in [6, 6.07) is 0. The first-order valence-corrected chi connectivity index (χ1v) is 4.95. The summed E-state index contributed by atoms with van der Waals surface area (Å²) >= 11 is 0. The van der Waals surface area contributed by atoms with Gasteiger partial charge in [-0.05, 0) is 33.7 Å². The average Bonchev–Trinajstić information content (AvgIpc) is 2.49. The summed E-state index contributed by atoms with van der Waals surface area (Å²) < 4.78 is 5.04. The van der Waals surface area contributed by atoms with Crippen LogP contribution in [0.25, 0.3) is 0 Å². The molecular formula is C10H18N2O2. The number of ether oxygens (including phenoxy) is 1. The highest BCUT2D eigenvalue weighted by molar-refractivity contribution is 5.80. The maximum atomic E-state index is 11.2. The number of carbonyl (C=O) groups is 1. The Balaban J connectivity index is 2.32. The number of nitrogens with zero attached hydrogens (tertiary/aromatic N) is 1. The van der Waals surface area contributed by atoms with E-state index in [0.29, 0.717) is 5.92 Å². The first kappa shape index (κ1) is 11.2. The number of hydrogen-bond donors (Lipinski definition) is 1. The van der Waals surface area contributed by atoms with Gasteiger partial charge in [-0.3, -0.25) is 0 Å². The molecule has 0 saturated carbocycles. The third-order valence-electron chi connectivity index (χ3n) is 1.88. The molecule has 0 aromatic heterocycles. The van der Waals surface area contributed by atoms with Gasteiger partial charge in [0.15, 0.2) is 0 Å². The number of rotatable bonds is 1. The highest BCUT2D eigenvalue weighted by atomic mass is 16.6. The summed E-state index contributed by atoms with van der Waals surface area (Å²) in [5.41, 5.74) is -0.456. The van der Waals surface area contributed by atoms with Crippen LogP contribution in [0.5, 0.6) is 0 Å². The van der Waals surface area contributed by atoms with Gasteiger partial charge in [-0.2, -0.15) is 4.99 Å². The van der Waals surface area contributed by atoms with E-state index in [9.17, 15) is 4.79 Å².